The van der Waals surface area contributed by atoms with Crippen LogP contribution in [0.4, 0.5) is 4.39 Å². The fourth-order valence-electron chi connectivity index (χ4n) is 2.56. The van der Waals surface area contributed by atoms with Gasteiger partial charge < -0.3 is 0 Å². The monoisotopic (exact) mass is 339 g/mol. The molecule has 1 atom stereocenters. The van der Waals surface area contributed by atoms with Crippen molar-refractivity contribution >= 4 is 33.2 Å². The van der Waals surface area contributed by atoms with Crippen LogP contribution in [0.5, 0.6) is 0 Å². The van der Waals surface area contributed by atoms with Crippen molar-refractivity contribution in [3.63, 3.8) is 0 Å². The Morgan fingerprint density at radius 1 is 1.45 bits per heavy atom. The van der Waals surface area contributed by atoms with Gasteiger partial charge in [-0.05, 0) is 31.4 Å². The van der Waals surface area contributed by atoms with Crippen molar-refractivity contribution in [2.24, 2.45) is 0 Å². The highest BCUT2D eigenvalue weighted by atomic mass is 35.5. The number of hydrogen-bond acceptors (Lipinski definition) is 2. The molecule has 0 N–H and O–H groups in total. The molecule has 1 aliphatic heterocycles. The van der Waals surface area contributed by atoms with E-state index in [1.54, 1.807) is 0 Å². The van der Waals surface area contributed by atoms with Gasteiger partial charge in [0.25, 0.3) is 0 Å². The summed E-state index contributed by atoms with van der Waals surface area (Å²) in [6.07, 6.45) is 2.31. The SMILES string of the molecule is CCC1CCCN1S(=O)(=O)c1cc(Cl)cc(CCl)c1F. The Kier molecular flexibility index (Phi) is 4.95. The molecule has 0 aromatic heterocycles. The molecule has 1 unspecified atom stereocenters. The predicted molar refractivity (Wildman–Crippen MR) is 78.2 cm³/mol. The van der Waals surface area contributed by atoms with Crippen molar-refractivity contribution in [1.29, 1.82) is 0 Å². The van der Waals surface area contributed by atoms with Gasteiger partial charge in [-0.2, -0.15) is 4.31 Å². The predicted octanol–water partition coefficient (Wildman–Crippen LogP) is 3.78. The quantitative estimate of drug-likeness (QED) is 0.782. The second kappa shape index (κ2) is 6.18. The molecule has 7 heteroatoms. The fraction of sp³-hybridized carbons (Fsp3) is 0.538. The standard InChI is InChI=1S/C13H16Cl2FNO2S/c1-2-11-4-3-5-17(11)20(18,19)12-7-10(15)6-9(8-14)13(12)16/h6-7,11H,2-5,8H2,1H3. The summed E-state index contributed by atoms with van der Waals surface area (Å²) in [5.74, 6) is -0.919. The van der Waals surface area contributed by atoms with Crippen LogP contribution in [0.1, 0.15) is 31.7 Å². The summed E-state index contributed by atoms with van der Waals surface area (Å²) in [7, 11) is -3.87. The Labute approximate surface area is 128 Å². The van der Waals surface area contributed by atoms with E-state index in [1.807, 2.05) is 6.92 Å². The van der Waals surface area contributed by atoms with Crippen LogP contribution >= 0.6 is 23.2 Å². The van der Waals surface area contributed by atoms with Crippen molar-refractivity contribution < 1.29 is 12.8 Å². The lowest BCUT2D eigenvalue weighted by atomic mass is 10.2. The first-order valence-electron chi connectivity index (χ1n) is 6.47. The number of sulfonamides is 1. The van der Waals surface area contributed by atoms with Crippen LogP contribution in [0.3, 0.4) is 0 Å². The van der Waals surface area contributed by atoms with E-state index >= 15 is 0 Å². The molecule has 2 rings (SSSR count). The van der Waals surface area contributed by atoms with Crippen molar-refractivity contribution in [2.75, 3.05) is 6.54 Å². The topological polar surface area (TPSA) is 37.4 Å². The molecule has 0 bridgehead atoms. The molecule has 1 saturated heterocycles. The molecular weight excluding hydrogens is 324 g/mol. The number of benzene rings is 1. The minimum Gasteiger partial charge on any atom is -0.207 e. The van der Waals surface area contributed by atoms with Gasteiger partial charge in [0.15, 0.2) is 0 Å². The lowest BCUT2D eigenvalue weighted by Gasteiger charge is -2.23. The summed E-state index contributed by atoms with van der Waals surface area (Å²) < 4.78 is 40.9. The lowest BCUT2D eigenvalue weighted by molar-refractivity contribution is 0.377. The van der Waals surface area contributed by atoms with Crippen molar-refractivity contribution in [1.82, 2.24) is 4.31 Å². The second-order valence-corrected chi connectivity index (χ2v) is 7.39. The molecular formula is C13H16Cl2FNO2S. The van der Waals surface area contributed by atoms with E-state index in [2.05, 4.69) is 0 Å². The Bertz CT molecular complexity index is 607. The molecule has 3 nitrogen and oxygen atoms in total. The summed E-state index contributed by atoms with van der Waals surface area (Å²) in [5.41, 5.74) is 0.102. The van der Waals surface area contributed by atoms with Gasteiger partial charge in [-0.15, -0.1) is 11.6 Å². The molecule has 0 radical (unpaired) electrons. The summed E-state index contributed by atoms with van der Waals surface area (Å²) >= 11 is 11.5. The Hall–Kier alpha value is -0.360. The highest BCUT2D eigenvalue weighted by Gasteiger charge is 2.36. The van der Waals surface area contributed by atoms with E-state index in [0.29, 0.717) is 13.0 Å². The van der Waals surface area contributed by atoms with Crippen LogP contribution in [0.25, 0.3) is 0 Å². The van der Waals surface area contributed by atoms with E-state index in [-0.39, 0.29) is 27.4 Å². The Morgan fingerprint density at radius 2 is 2.15 bits per heavy atom. The van der Waals surface area contributed by atoms with Crippen molar-refractivity contribution in [3.8, 4) is 0 Å². The first-order valence-corrected chi connectivity index (χ1v) is 8.82. The maximum absolute atomic E-state index is 14.3. The third-order valence-corrected chi connectivity index (χ3v) is 6.06. The third-order valence-electron chi connectivity index (χ3n) is 3.60. The molecule has 1 aliphatic rings. The molecule has 1 heterocycles. The summed E-state index contributed by atoms with van der Waals surface area (Å²) in [4.78, 5) is -0.374. The van der Waals surface area contributed by atoms with Gasteiger partial charge in [0.1, 0.15) is 10.7 Å². The number of rotatable bonds is 4. The average molecular weight is 340 g/mol. The number of nitrogens with zero attached hydrogens (tertiary/aromatic N) is 1. The molecule has 1 aromatic rings. The van der Waals surface area contributed by atoms with Crippen LogP contribution in [0, 0.1) is 5.82 Å². The zero-order chi connectivity index (χ0) is 14.9. The van der Waals surface area contributed by atoms with Crippen molar-refractivity contribution in [3.05, 3.63) is 28.5 Å². The fourth-order valence-corrected chi connectivity index (χ4v) is 4.97. The van der Waals surface area contributed by atoms with Gasteiger partial charge in [-0.25, -0.2) is 12.8 Å². The molecule has 20 heavy (non-hydrogen) atoms. The Morgan fingerprint density at radius 3 is 2.75 bits per heavy atom. The van der Waals surface area contributed by atoms with E-state index < -0.39 is 15.8 Å². The van der Waals surface area contributed by atoms with Gasteiger partial charge in [0, 0.05) is 23.2 Å². The normalized spacial score (nSPS) is 20.5. The highest BCUT2D eigenvalue weighted by Crippen LogP contribution is 2.32. The van der Waals surface area contributed by atoms with Crippen LogP contribution in [0.2, 0.25) is 5.02 Å². The minimum absolute atomic E-state index is 0.0715. The molecule has 112 valence electrons. The average Bonchev–Trinajstić information content (AvgIpc) is 2.89. The van der Waals surface area contributed by atoms with Gasteiger partial charge >= 0.3 is 0 Å². The maximum Gasteiger partial charge on any atom is 0.246 e. The van der Waals surface area contributed by atoms with Crippen LogP contribution < -0.4 is 0 Å². The largest absolute Gasteiger partial charge is 0.246 e. The molecule has 0 aliphatic carbocycles. The van der Waals surface area contributed by atoms with Crippen LogP contribution in [0.15, 0.2) is 17.0 Å². The molecule has 1 fully saturated rings. The lowest BCUT2D eigenvalue weighted by Crippen LogP contribution is -2.35. The summed E-state index contributed by atoms with van der Waals surface area (Å²) in [6, 6.07) is 2.44. The van der Waals surface area contributed by atoms with Crippen LogP contribution in [-0.2, 0) is 15.9 Å². The minimum atomic E-state index is -3.87. The van der Waals surface area contributed by atoms with Crippen LogP contribution in [-0.4, -0.2) is 25.3 Å². The first-order chi connectivity index (χ1) is 9.41. The zero-order valence-electron chi connectivity index (χ0n) is 11.1. The van der Waals surface area contributed by atoms with Gasteiger partial charge in [0.2, 0.25) is 10.0 Å². The van der Waals surface area contributed by atoms with E-state index in [4.69, 9.17) is 23.2 Å². The molecule has 0 spiro atoms. The van der Waals surface area contributed by atoms with E-state index in [0.717, 1.165) is 18.9 Å². The zero-order valence-corrected chi connectivity index (χ0v) is 13.4. The summed E-state index contributed by atoms with van der Waals surface area (Å²) in [6.45, 7) is 2.35. The number of halogens is 3. The summed E-state index contributed by atoms with van der Waals surface area (Å²) in [5, 5.41) is 0.174. The van der Waals surface area contributed by atoms with Gasteiger partial charge in [-0.3, -0.25) is 0 Å². The first kappa shape index (κ1) is 16.0. The molecule has 0 saturated carbocycles. The third kappa shape index (κ3) is 2.82. The molecule has 1 aromatic carbocycles. The molecule has 0 amide bonds. The smallest absolute Gasteiger partial charge is 0.207 e. The number of hydrogen-bond donors (Lipinski definition) is 0. The highest BCUT2D eigenvalue weighted by molar-refractivity contribution is 7.89. The Balaban J connectivity index is 2.52. The van der Waals surface area contributed by atoms with E-state index in [9.17, 15) is 12.8 Å². The van der Waals surface area contributed by atoms with Gasteiger partial charge in [-0.1, -0.05) is 18.5 Å². The van der Waals surface area contributed by atoms with E-state index in [1.165, 1.54) is 10.4 Å². The number of alkyl halides is 1. The van der Waals surface area contributed by atoms with Crippen molar-refractivity contribution in [2.45, 2.75) is 43.0 Å². The van der Waals surface area contributed by atoms with Gasteiger partial charge in [0.05, 0.1) is 5.88 Å². The maximum atomic E-state index is 14.3. The second-order valence-electron chi connectivity index (χ2n) is 4.83.